The normalized spacial score (nSPS) is 13.0. The van der Waals surface area contributed by atoms with Crippen molar-refractivity contribution in [2.45, 2.75) is 39.7 Å². The molecule has 0 N–H and O–H groups in total. The van der Waals surface area contributed by atoms with Crippen LogP contribution in [0.15, 0.2) is 47.0 Å². The van der Waals surface area contributed by atoms with Crippen LogP contribution in [0.3, 0.4) is 0 Å². The Bertz CT molecular complexity index is 1100. The van der Waals surface area contributed by atoms with E-state index in [0.717, 1.165) is 17.7 Å². The third kappa shape index (κ3) is 4.77. The maximum absolute atomic E-state index is 13.9. The highest BCUT2D eigenvalue weighted by Crippen LogP contribution is 2.34. The van der Waals surface area contributed by atoms with E-state index in [1.165, 1.54) is 17.8 Å². The summed E-state index contributed by atoms with van der Waals surface area (Å²) >= 11 is 0. The average molecular weight is 438 g/mol. The summed E-state index contributed by atoms with van der Waals surface area (Å²) in [7, 11) is 0. The summed E-state index contributed by atoms with van der Waals surface area (Å²) in [5.41, 5.74) is 2.62. The number of carbonyl (C=O) groups is 1. The van der Waals surface area contributed by atoms with E-state index < -0.39 is 0 Å². The number of rotatable bonds is 8. The maximum Gasteiger partial charge on any atom is 0.223 e. The Morgan fingerprint density at radius 3 is 2.56 bits per heavy atom. The Morgan fingerprint density at radius 1 is 1.12 bits per heavy atom. The molecular weight excluding hydrogens is 411 g/mol. The molecule has 3 aromatic rings. The number of amides is 1. The fourth-order valence-electron chi connectivity index (χ4n) is 3.90. The van der Waals surface area contributed by atoms with Gasteiger partial charge in [0.1, 0.15) is 5.82 Å². The van der Waals surface area contributed by atoms with Gasteiger partial charge in [-0.3, -0.25) is 4.79 Å². The van der Waals surface area contributed by atoms with E-state index in [2.05, 4.69) is 4.98 Å². The van der Waals surface area contributed by atoms with Gasteiger partial charge < -0.3 is 18.8 Å². The molecule has 0 fully saturated rings. The molecule has 0 bridgehead atoms. The van der Waals surface area contributed by atoms with Crippen LogP contribution >= 0.6 is 0 Å². The third-order valence-electron chi connectivity index (χ3n) is 5.48. The van der Waals surface area contributed by atoms with Gasteiger partial charge in [0.25, 0.3) is 0 Å². The largest absolute Gasteiger partial charge is 0.490 e. The highest BCUT2D eigenvalue weighted by Gasteiger charge is 2.23. The molecule has 4 rings (SSSR count). The predicted molar refractivity (Wildman–Crippen MR) is 118 cm³/mol. The second-order valence-electron chi connectivity index (χ2n) is 7.60. The summed E-state index contributed by atoms with van der Waals surface area (Å²) in [6, 6.07) is 10.4. The number of halogens is 1. The number of aromatic nitrogens is 1. The molecule has 7 heteroatoms. The molecule has 0 aliphatic carbocycles. The second kappa shape index (κ2) is 9.85. The zero-order valence-corrected chi connectivity index (χ0v) is 18.4. The first kappa shape index (κ1) is 21.9. The van der Waals surface area contributed by atoms with Crippen LogP contribution in [0.25, 0.3) is 11.3 Å². The highest BCUT2D eigenvalue weighted by atomic mass is 19.1. The minimum absolute atomic E-state index is 0.0353. The van der Waals surface area contributed by atoms with Crippen molar-refractivity contribution in [3.63, 3.8) is 0 Å². The number of nitrogens with zero attached hydrogens (tertiary/aromatic N) is 2. The molecular formula is C25H27FN2O4. The summed E-state index contributed by atoms with van der Waals surface area (Å²) in [6.07, 6.45) is 2.91. The SMILES string of the molecule is CCOc1cc2c(cc1OCC)CN(C(=O)CCc1ncc(-c3ccccc3F)o1)CC2. The van der Waals surface area contributed by atoms with Crippen molar-refractivity contribution in [2.75, 3.05) is 19.8 Å². The lowest BCUT2D eigenvalue weighted by Gasteiger charge is -2.30. The number of fused-ring (bicyclic) bond motifs is 1. The standard InChI is InChI=1S/C25H27FN2O4/c1-3-30-21-13-17-11-12-28(16-18(17)14-22(21)31-4-2)25(29)10-9-24-27-15-23(32-24)19-7-5-6-8-20(19)26/h5-8,13-15H,3-4,9-12,16H2,1-2H3. The minimum atomic E-state index is -0.364. The van der Waals surface area contributed by atoms with E-state index in [4.69, 9.17) is 13.9 Å². The zero-order valence-electron chi connectivity index (χ0n) is 18.4. The Morgan fingerprint density at radius 2 is 1.84 bits per heavy atom. The van der Waals surface area contributed by atoms with Gasteiger partial charge in [-0.05, 0) is 55.7 Å². The number of ether oxygens (including phenoxy) is 2. The Labute approximate surface area is 187 Å². The van der Waals surface area contributed by atoms with E-state index in [1.807, 2.05) is 30.9 Å². The number of hydrogen-bond donors (Lipinski definition) is 0. The second-order valence-corrected chi connectivity index (χ2v) is 7.60. The molecule has 1 aliphatic heterocycles. The van der Waals surface area contributed by atoms with Gasteiger partial charge in [-0.1, -0.05) is 12.1 Å². The van der Waals surface area contributed by atoms with Gasteiger partial charge >= 0.3 is 0 Å². The van der Waals surface area contributed by atoms with Crippen LogP contribution in [0.4, 0.5) is 4.39 Å². The maximum atomic E-state index is 13.9. The number of hydrogen-bond acceptors (Lipinski definition) is 5. The minimum Gasteiger partial charge on any atom is -0.490 e. The van der Waals surface area contributed by atoms with E-state index in [1.54, 1.807) is 18.2 Å². The number of aryl methyl sites for hydroxylation is 1. The molecule has 1 aromatic heterocycles. The van der Waals surface area contributed by atoms with E-state index in [-0.39, 0.29) is 18.1 Å². The highest BCUT2D eigenvalue weighted by molar-refractivity contribution is 5.76. The smallest absolute Gasteiger partial charge is 0.223 e. The van der Waals surface area contributed by atoms with Crippen LogP contribution in [-0.2, 0) is 24.2 Å². The van der Waals surface area contributed by atoms with Gasteiger partial charge in [0.05, 0.1) is 25.0 Å². The fourth-order valence-corrected chi connectivity index (χ4v) is 3.90. The van der Waals surface area contributed by atoms with Crippen LogP contribution in [0.1, 0.15) is 37.3 Å². The van der Waals surface area contributed by atoms with Gasteiger partial charge in [0, 0.05) is 25.9 Å². The number of benzene rings is 2. The van der Waals surface area contributed by atoms with Crippen molar-refractivity contribution in [3.8, 4) is 22.8 Å². The Hall–Kier alpha value is -3.35. The first-order valence-corrected chi connectivity index (χ1v) is 11.0. The molecule has 0 spiro atoms. The lowest BCUT2D eigenvalue weighted by Crippen LogP contribution is -2.36. The molecule has 32 heavy (non-hydrogen) atoms. The summed E-state index contributed by atoms with van der Waals surface area (Å²) in [4.78, 5) is 18.9. The lowest BCUT2D eigenvalue weighted by atomic mass is 9.98. The van der Waals surface area contributed by atoms with Crippen molar-refractivity contribution in [1.82, 2.24) is 9.88 Å². The monoisotopic (exact) mass is 438 g/mol. The average Bonchev–Trinajstić information content (AvgIpc) is 3.27. The van der Waals surface area contributed by atoms with Crippen molar-refractivity contribution in [1.29, 1.82) is 0 Å². The van der Waals surface area contributed by atoms with Crippen LogP contribution in [0.2, 0.25) is 0 Å². The molecule has 1 aliphatic rings. The molecule has 0 saturated heterocycles. The summed E-state index contributed by atoms with van der Waals surface area (Å²) in [5, 5.41) is 0. The van der Waals surface area contributed by atoms with Gasteiger partial charge in [0.2, 0.25) is 5.91 Å². The quantitative estimate of drug-likeness (QED) is 0.506. The molecule has 168 valence electrons. The van der Waals surface area contributed by atoms with E-state index >= 15 is 0 Å². The number of carbonyl (C=O) groups excluding carboxylic acids is 1. The van der Waals surface area contributed by atoms with E-state index in [9.17, 15) is 9.18 Å². The van der Waals surface area contributed by atoms with Crippen LogP contribution < -0.4 is 9.47 Å². The zero-order chi connectivity index (χ0) is 22.5. The van der Waals surface area contributed by atoms with E-state index in [0.29, 0.717) is 55.7 Å². The van der Waals surface area contributed by atoms with Crippen molar-refractivity contribution in [3.05, 3.63) is 65.4 Å². The Balaban J connectivity index is 1.39. The molecule has 6 nitrogen and oxygen atoms in total. The first-order chi connectivity index (χ1) is 15.6. The van der Waals surface area contributed by atoms with Crippen LogP contribution in [-0.4, -0.2) is 35.5 Å². The van der Waals surface area contributed by atoms with Crippen LogP contribution in [0, 0.1) is 5.82 Å². The molecule has 0 saturated carbocycles. The topological polar surface area (TPSA) is 64.8 Å². The molecule has 2 heterocycles. The predicted octanol–water partition coefficient (Wildman–Crippen LogP) is 4.80. The molecule has 0 atom stereocenters. The van der Waals surface area contributed by atoms with Gasteiger partial charge in [-0.25, -0.2) is 9.37 Å². The van der Waals surface area contributed by atoms with Crippen LogP contribution in [0.5, 0.6) is 11.5 Å². The lowest BCUT2D eigenvalue weighted by molar-refractivity contribution is -0.132. The molecule has 2 aromatic carbocycles. The fraction of sp³-hybridized carbons (Fsp3) is 0.360. The van der Waals surface area contributed by atoms with Gasteiger partial charge in [0.15, 0.2) is 23.1 Å². The molecule has 0 unspecified atom stereocenters. The molecule has 0 radical (unpaired) electrons. The summed E-state index contributed by atoms with van der Waals surface area (Å²) < 4.78 is 31.1. The summed E-state index contributed by atoms with van der Waals surface area (Å²) in [6.45, 7) is 6.19. The number of oxazole rings is 1. The Kier molecular flexibility index (Phi) is 6.73. The first-order valence-electron chi connectivity index (χ1n) is 11.0. The van der Waals surface area contributed by atoms with Crippen molar-refractivity contribution < 1.29 is 23.1 Å². The van der Waals surface area contributed by atoms with Gasteiger partial charge in [-0.15, -0.1) is 0 Å². The molecule has 1 amide bonds. The third-order valence-corrected chi connectivity index (χ3v) is 5.48. The van der Waals surface area contributed by atoms with Crippen molar-refractivity contribution >= 4 is 5.91 Å². The van der Waals surface area contributed by atoms with Gasteiger partial charge in [-0.2, -0.15) is 0 Å². The van der Waals surface area contributed by atoms with Crippen molar-refractivity contribution in [2.24, 2.45) is 0 Å². The summed E-state index contributed by atoms with van der Waals surface area (Å²) in [5.74, 6) is 1.93.